The van der Waals surface area contributed by atoms with Gasteiger partial charge in [0.05, 0.1) is 22.2 Å². The first-order valence-corrected chi connectivity index (χ1v) is 14.9. The molecule has 4 rings (SSSR count). The molecule has 0 unspecified atom stereocenters. The Kier molecular flexibility index (Phi) is 9.41. The summed E-state index contributed by atoms with van der Waals surface area (Å²) in [6, 6.07) is 6.22. The molecule has 1 aromatic carbocycles. The summed E-state index contributed by atoms with van der Waals surface area (Å²) in [4.78, 5) is 58.1. The van der Waals surface area contributed by atoms with Gasteiger partial charge in [0, 0.05) is 31.3 Å². The van der Waals surface area contributed by atoms with E-state index < -0.39 is 23.6 Å². The molecule has 3 amide bonds. The molecule has 1 saturated carbocycles. The highest BCUT2D eigenvalue weighted by Crippen LogP contribution is 2.31. The molecule has 2 heterocycles. The largest absolute Gasteiger partial charge is 0.391 e. The molecular weight excluding hydrogens is 528 g/mol. The average molecular weight is 569 g/mol. The molecule has 0 bridgehead atoms. The minimum Gasteiger partial charge on any atom is -0.391 e. The van der Waals surface area contributed by atoms with Crippen LogP contribution in [-0.2, 0) is 25.7 Å². The molecule has 216 valence electrons. The van der Waals surface area contributed by atoms with E-state index in [1.807, 2.05) is 57.5 Å². The fourth-order valence-corrected chi connectivity index (χ4v) is 6.37. The van der Waals surface area contributed by atoms with Gasteiger partial charge in [-0.15, -0.1) is 11.3 Å². The van der Waals surface area contributed by atoms with Crippen molar-refractivity contribution in [3.63, 3.8) is 0 Å². The monoisotopic (exact) mass is 568 g/mol. The summed E-state index contributed by atoms with van der Waals surface area (Å²) in [6.45, 7) is 7.91. The number of aldehydes is 1. The van der Waals surface area contributed by atoms with Crippen LogP contribution >= 0.6 is 11.3 Å². The number of nitrogens with one attached hydrogen (secondary N) is 2. The second-order valence-electron chi connectivity index (χ2n) is 12.1. The number of hydrogen-bond donors (Lipinski definition) is 3. The van der Waals surface area contributed by atoms with E-state index in [0.29, 0.717) is 25.7 Å². The van der Waals surface area contributed by atoms with Gasteiger partial charge in [-0.1, -0.05) is 45.0 Å². The Morgan fingerprint density at radius 3 is 2.38 bits per heavy atom. The lowest BCUT2D eigenvalue weighted by atomic mass is 9.81. The van der Waals surface area contributed by atoms with Gasteiger partial charge in [0.2, 0.25) is 17.7 Å². The maximum atomic E-state index is 13.8. The summed E-state index contributed by atoms with van der Waals surface area (Å²) in [5, 5.41) is 16.3. The highest BCUT2D eigenvalue weighted by atomic mass is 32.1. The number of nitrogens with zero attached hydrogens (tertiary/aromatic N) is 2. The van der Waals surface area contributed by atoms with E-state index in [0.717, 1.165) is 28.0 Å². The summed E-state index contributed by atoms with van der Waals surface area (Å²) >= 11 is 1.58. The molecule has 2 fully saturated rings. The summed E-state index contributed by atoms with van der Waals surface area (Å²) in [6.07, 6.45) is 2.83. The lowest BCUT2D eigenvalue weighted by Gasteiger charge is -2.36. The number of rotatable bonds is 8. The second kappa shape index (κ2) is 12.6. The van der Waals surface area contributed by atoms with E-state index >= 15 is 0 Å². The van der Waals surface area contributed by atoms with Crippen LogP contribution in [0, 0.1) is 24.2 Å². The highest BCUT2D eigenvalue weighted by molar-refractivity contribution is 7.13. The SMILES string of the molecule is Cc1ncsc1-c1ccc(CNC(=O)[C@@H]2C[C@@H](O)CN2C(=O)[C@@H](NC(=O)[C@H]2CC[C@H](C=O)CC2)C(C)(C)C)cc1. The molecular formula is C30H40N4O5S. The predicted molar refractivity (Wildman–Crippen MR) is 153 cm³/mol. The fourth-order valence-electron chi connectivity index (χ4n) is 5.56. The van der Waals surface area contributed by atoms with E-state index in [1.54, 1.807) is 11.3 Å². The lowest BCUT2D eigenvalue weighted by Crippen LogP contribution is -2.58. The summed E-state index contributed by atoms with van der Waals surface area (Å²) in [5.74, 6) is -1.16. The number of aliphatic hydroxyl groups excluding tert-OH is 1. The lowest BCUT2D eigenvalue weighted by molar-refractivity contribution is -0.144. The van der Waals surface area contributed by atoms with Crippen molar-refractivity contribution in [3.05, 3.63) is 41.0 Å². The average Bonchev–Trinajstić information content (AvgIpc) is 3.54. The number of aryl methyl sites for hydroxylation is 1. The fraction of sp³-hybridized carbons (Fsp3) is 0.567. The Morgan fingerprint density at radius 2 is 1.80 bits per heavy atom. The van der Waals surface area contributed by atoms with Crippen LogP contribution < -0.4 is 10.6 Å². The molecule has 10 heteroatoms. The zero-order chi connectivity index (χ0) is 29.0. The number of amides is 3. The smallest absolute Gasteiger partial charge is 0.246 e. The molecule has 1 saturated heterocycles. The molecule has 0 spiro atoms. The summed E-state index contributed by atoms with van der Waals surface area (Å²) in [7, 11) is 0. The standard InChI is InChI=1S/C30H40N4O5S/c1-18-25(40-17-32-18)21-9-5-19(6-10-21)14-31-28(38)24-13-23(36)15-34(24)29(39)26(30(2,3)4)33-27(37)22-11-7-20(16-35)8-12-22/h5-6,9-10,16-17,20,22-24,26,36H,7-8,11-15H2,1-4H3,(H,31,38)(H,33,37)/t20-,22-,23-,24+,26-/m1/s1. The Bertz CT molecular complexity index is 1210. The third-order valence-corrected chi connectivity index (χ3v) is 9.01. The minimum atomic E-state index is -0.855. The van der Waals surface area contributed by atoms with E-state index in [2.05, 4.69) is 15.6 Å². The van der Waals surface area contributed by atoms with Gasteiger partial charge in [-0.2, -0.15) is 0 Å². The Hall–Kier alpha value is -3.11. The zero-order valence-electron chi connectivity index (χ0n) is 23.7. The molecule has 1 aromatic heterocycles. The van der Waals surface area contributed by atoms with E-state index in [4.69, 9.17) is 0 Å². The van der Waals surface area contributed by atoms with Crippen molar-refractivity contribution in [2.75, 3.05) is 6.54 Å². The summed E-state index contributed by atoms with van der Waals surface area (Å²) < 4.78 is 0. The molecule has 3 N–H and O–H groups in total. The van der Waals surface area contributed by atoms with Gasteiger partial charge in [-0.3, -0.25) is 14.4 Å². The number of hydrogen-bond acceptors (Lipinski definition) is 7. The van der Waals surface area contributed by atoms with Crippen molar-refractivity contribution in [1.29, 1.82) is 0 Å². The maximum absolute atomic E-state index is 13.8. The van der Waals surface area contributed by atoms with Crippen LogP contribution in [0.15, 0.2) is 29.8 Å². The van der Waals surface area contributed by atoms with Gasteiger partial charge in [-0.25, -0.2) is 4.98 Å². The van der Waals surface area contributed by atoms with Crippen molar-refractivity contribution < 1.29 is 24.3 Å². The maximum Gasteiger partial charge on any atom is 0.246 e. The number of aromatic nitrogens is 1. The first kappa shape index (κ1) is 29.9. The number of thiazole rings is 1. The van der Waals surface area contributed by atoms with Crippen molar-refractivity contribution >= 4 is 35.3 Å². The quantitative estimate of drug-likeness (QED) is 0.420. The topological polar surface area (TPSA) is 129 Å². The summed E-state index contributed by atoms with van der Waals surface area (Å²) in [5.41, 5.74) is 4.17. The first-order chi connectivity index (χ1) is 19.0. The van der Waals surface area contributed by atoms with Gasteiger partial charge in [0.15, 0.2) is 0 Å². The van der Waals surface area contributed by atoms with Crippen LogP contribution in [0.3, 0.4) is 0 Å². The predicted octanol–water partition coefficient (Wildman–Crippen LogP) is 3.23. The van der Waals surface area contributed by atoms with Crippen LogP contribution in [0.2, 0.25) is 0 Å². The zero-order valence-corrected chi connectivity index (χ0v) is 24.5. The Labute approximate surface area is 239 Å². The van der Waals surface area contributed by atoms with Gasteiger partial charge < -0.3 is 25.4 Å². The molecule has 0 radical (unpaired) electrons. The number of likely N-dealkylation sites (tertiary alicyclic amines) is 1. The molecule has 40 heavy (non-hydrogen) atoms. The van der Waals surface area contributed by atoms with Crippen LogP contribution in [0.5, 0.6) is 0 Å². The number of carbonyl (C=O) groups is 4. The third kappa shape index (κ3) is 6.96. The number of benzene rings is 1. The van der Waals surface area contributed by atoms with Crippen LogP contribution in [0.1, 0.15) is 64.1 Å². The van der Waals surface area contributed by atoms with E-state index in [-0.39, 0.29) is 49.1 Å². The van der Waals surface area contributed by atoms with Gasteiger partial charge in [0.1, 0.15) is 18.4 Å². The van der Waals surface area contributed by atoms with Gasteiger partial charge in [0.25, 0.3) is 0 Å². The molecule has 1 aliphatic heterocycles. The highest BCUT2D eigenvalue weighted by Gasteiger charge is 2.45. The van der Waals surface area contributed by atoms with Crippen molar-refractivity contribution in [2.24, 2.45) is 17.3 Å². The van der Waals surface area contributed by atoms with Crippen molar-refractivity contribution in [1.82, 2.24) is 20.5 Å². The molecule has 2 aliphatic rings. The van der Waals surface area contributed by atoms with Gasteiger partial charge in [-0.05, 0) is 49.1 Å². The molecule has 9 nitrogen and oxygen atoms in total. The number of β-amino-alcohol motifs (C(OH)–C–C–N with tert-alkyl or cyclic N) is 1. The number of carbonyl (C=O) groups excluding carboxylic acids is 4. The van der Waals surface area contributed by atoms with Crippen molar-refractivity contribution in [2.45, 2.75) is 84.5 Å². The second-order valence-corrected chi connectivity index (χ2v) is 13.0. The Morgan fingerprint density at radius 1 is 1.12 bits per heavy atom. The third-order valence-electron chi connectivity index (χ3n) is 8.03. The molecule has 3 atom stereocenters. The van der Waals surface area contributed by atoms with Crippen LogP contribution in [0.25, 0.3) is 10.4 Å². The van der Waals surface area contributed by atoms with Gasteiger partial charge >= 0.3 is 0 Å². The minimum absolute atomic E-state index is 0.00474. The van der Waals surface area contributed by atoms with Crippen LogP contribution in [-0.4, -0.2) is 63.7 Å². The number of aliphatic hydroxyl groups is 1. The van der Waals surface area contributed by atoms with E-state index in [9.17, 15) is 24.3 Å². The Balaban J connectivity index is 1.40. The molecule has 2 aromatic rings. The van der Waals surface area contributed by atoms with E-state index in [1.165, 1.54) is 4.90 Å². The molecule has 1 aliphatic carbocycles. The first-order valence-electron chi connectivity index (χ1n) is 14.0. The van der Waals surface area contributed by atoms with Crippen molar-refractivity contribution in [3.8, 4) is 10.4 Å². The normalized spacial score (nSPS) is 23.9. The van der Waals surface area contributed by atoms with Crippen LogP contribution in [0.4, 0.5) is 0 Å².